The molecule has 0 saturated heterocycles. The molecule has 3 aromatic rings. The lowest BCUT2D eigenvalue weighted by Gasteiger charge is -1.96. The van der Waals surface area contributed by atoms with Crippen LogP contribution in [0.3, 0.4) is 0 Å². The number of aromatic nitrogens is 1. The molecule has 0 saturated carbocycles. The molecule has 0 aliphatic heterocycles. The van der Waals surface area contributed by atoms with Crippen LogP contribution in [0.5, 0.6) is 0 Å². The highest BCUT2D eigenvalue weighted by Gasteiger charge is 2.06. The molecule has 2 aromatic carbocycles. The summed E-state index contributed by atoms with van der Waals surface area (Å²) >= 11 is 1.74. The van der Waals surface area contributed by atoms with Gasteiger partial charge in [0, 0.05) is 11.9 Å². The van der Waals surface area contributed by atoms with Crippen molar-refractivity contribution in [1.29, 1.82) is 0 Å². The van der Waals surface area contributed by atoms with Crippen molar-refractivity contribution in [3.8, 4) is 0 Å². The van der Waals surface area contributed by atoms with Gasteiger partial charge in [0.15, 0.2) is 5.13 Å². The largest absolute Gasteiger partial charge is 0.361 e. The first-order valence-corrected chi connectivity index (χ1v) is 6.72. The van der Waals surface area contributed by atoms with Gasteiger partial charge >= 0.3 is 0 Å². The van der Waals surface area contributed by atoms with Crippen molar-refractivity contribution in [2.45, 2.75) is 13.3 Å². The van der Waals surface area contributed by atoms with E-state index >= 15 is 0 Å². The number of anilines is 1. The Labute approximate surface area is 104 Å². The van der Waals surface area contributed by atoms with Gasteiger partial charge < -0.3 is 5.32 Å². The summed E-state index contributed by atoms with van der Waals surface area (Å²) < 4.78 is 1.28. The number of nitrogens with one attached hydrogen (secondary N) is 1. The van der Waals surface area contributed by atoms with Gasteiger partial charge in [-0.2, -0.15) is 0 Å². The molecule has 2 nitrogen and oxygen atoms in total. The molecule has 1 heterocycles. The summed E-state index contributed by atoms with van der Waals surface area (Å²) in [6, 6.07) is 12.7. The molecule has 1 N–H and O–H groups in total. The van der Waals surface area contributed by atoms with Crippen LogP contribution >= 0.6 is 11.3 Å². The van der Waals surface area contributed by atoms with E-state index in [1.165, 1.54) is 15.5 Å². The average Bonchev–Trinajstić information content (AvgIpc) is 2.79. The van der Waals surface area contributed by atoms with Crippen LogP contribution in [0.25, 0.3) is 21.0 Å². The molecule has 0 unspecified atom stereocenters. The van der Waals surface area contributed by atoms with Gasteiger partial charge in [-0.3, -0.25) is 0 Å². The summed E-state index contributed by atoms with van der Waals surface area (Å²) in [6.45, 7) is 3.15. The van der Waals surface area contributed by atoms with Crippen LogP contribution in [0, 0.1) is 0 Å². The first-order chi connectivity index (χ1) is 8.38. The lowest BCUT2D eigenvalue weighted by Crippen LogP contribution is -1.98. The van der Waals surface area contributed by atoms with Crippen molar-refractivity contribution in [1.82, 2.24) is 4.98 Å². The second-order valence-electron chi connectivity index (χ2n) is 4.08. The van der Waals surface area contributed by atoms with Crippen molar-refractivity contribution in [2.75, 3.05) is 11.9 Å². The van der Waals surface area contributed by atoms with Crippen LogP contribution in [0.4, 0.5) is 5.13 Å². The zero-order chi connectivity index (χ0) is 11.7. The molecule has 3 heteroatoms. The molecule has 0 radical (unpaired) electrons. The number of rotatable bonds is 3. The van der Waals surface area contributed by atoms with Crippen LogP contribution in [0.15, 0.2) is 36.4 Å². The number of benzene rings is 2. The topological polar surface area (TPSA) is 24.9 Å². The van der Waals surface area contributed by atoms with E-state index < -0.39 is 0 Å². The predicted octanol–water partition coefficient (Wildman–Crippen LogP) is 4.27. The van der Waals surface area contributed by atoms with E-state index in [1.54, 1.807) is 11.3 Å². The van der Waals surface area contributed by atoms with Gasteiger partial charge in [0.05, 0.1) is 10.2 Å². The third kappa shape index (κ3) is 1.87. The van der Waals surface area contributed by atoms with Crippen molar-refractivity contribution < 1.29 is 0 Å². The minimum atomic E-state index is 0.984. The van der Waals surface area contributed by atoms with E-state index in [4.69, 9.17) is 0 Å². The molecule has 0 bridgehead atoms. The highest BCUT2D eigenvalue weighted by Crippen LogP contribution is 2.32. The maximum absolute atomic E-state index is 4.61. The molecule has 0 atom stereocenters. The summed E-state index contributed by atoms with van der Waals surface area (Å²) in [5.41, 5.74) is 1.09. The molecule has 3 rings (SSSR count). The molecule has 0 amide bonds. The van der Waals surface area contributed by atoms with Crippen molar-refractivity contribution in [3.05, 3.63) is 36.4 Å². The Kier molecular flexibility index (Phi) is 2.69. The monoisotopic (exact) mass is 242 g/mol. The lowest BCUT2D eigenvalue weighted by molar-refractivity contribution is 0.977. The lowest BCUT2D eigenvalue weighted by atomic mass is 10.1. The summed E-state index contributed by atoms with van der Waals surface area (Å²) in [6.07, 6.45) is 1.12. The van der Waals surface area contributed by atoms with Crippen molar-refractivity contribution >= 4 is 37.5 Å². The Balaban J connectivity index is 2.17. The second kappa shape index (κ2) is 4.34. The average molecular weight is 242 g/mol. The third-order valence-electron chi connectivity index (χ3n) is 2.81. The molecule has 1 aromatic heterocycles. The molecular formula is C14H14N2S. The van der Waals surface area contributed by atoms with Gasteiger partial charge in [0.2, 0.25) is 0 Å². The zero-order valence-corrected chi connectivity index (χ0v) is 10.6. The van der Waals surface area contributed by atoms with Gasteiger partial charge in [-0.1, -0.05) is 48.6 Å². The number of hydrogen-bond donors (Lipinski definition) is 1. The van der Waals surface area contributed by atoms with Gasteiger partial charge in [0.25, 0.3) is 0 Å². The summed E-state index contributed by atoms with van der Waals surface area (Å²) in [5, 5.41) is 6.96. The quantitative estimate of drug-likeness (QED) is 0.741. The fourth-order valence-electron chi connectivity index (χ4n) is 1.96. The van der Waals surface area contributed by atoms with Crippen molar-refractivity contribution in [3.63, 3.8) is 0 Å². The van der Waals surface area contributed by atoms with Crippen LogP contribution < -0.4 is 5.32 Å². The van der Waals surface area contributed by atoms with E-state index in [1.807, 2.05) is 0 Å². The Bertz CT molecular complexity index is 657. The summed E-state index contributed by atoms with van der Waals surface area (Å²) in [4.78, 5) is 4.61. The SMILES string of the molecule is CCCNc1nc2ccc3ccccc3c2s1. The van der Waals surface area contributed by atoms with E-state index in [9.17, 15) is 0 Å². The first kappa shape index (κ1) is 10.5. The van der Waals surface area contributed by atoms with Gasteiger partial charge in [-0.25, -0.2) is 4.98 Å². The summed E-state index contributed by atoms with van der Waals surface area (Å²) in [7, 11) is 0. The standard InChI is InChI=1S/C14H14N2S/c1-2-9-15-14-16-12-8-7-10-5-3-4-6-11(10)13(12)17-14/h3-8H,2,9H2,1H3,(H,15,16). The van der Waals surface area contributed by atoms with Gasteiger partial charge in [-0.15, -0.1) is 0 Å². The van der Waals surface area contributed by atoms with Crippen LogP contribution in [-0.4, -0.2) is 11.5 Å². The minimum Gasteiger partial charge on any atom is -0.361 e. The van der Waals surface area contributed by atoms with Gasteiger partial charge in [-0.05, 0) is 17.9 Å². The summed E-state index contributed by atoms with van der Waals surface area (Å²) in [5.74, 6) is 0. The maximum Gasteiger partial charge on any atom is 0.183 e. The molecule has 0 aliphatic carbocycles. The minimum absolute atomic E-state index is 0.984. The molecule has 0 fully saturated rings. The number of hydrogen-bond acceptors (Lipinski definition) is 3. The van der Waals surface area contributed by atoms with E-state index in [-0.39, 0.29) is 0 Å². The number of fused-ring (bicyclic) bond motifs is 3. The maximum atomic E-state index is 4.61. The zero-order valence-electron chi connectivity index (χ0n) is 9.73. The Morgan fingerprint density at radius 1 is 1.18 bits per heavy atom. The normalized spacial score (nSPS) is 11.1. The second-order valence-corrected chi connectivity index (χ2v) is 5.08. The Morgan fingerprint density at radius 3 is 2.94 bits per heavy atom. The molecule has 0 spiro atoms. The van der Waals surface area contributed by atoms with Gasteiger partial charge in [0.1, 0.15) is 0 Å². The highest BCUT2D eigenvalue weighted by molar-refractivity contribution is 7.23. The van der Waals surface area contributed by atoms with Crippen LogP contribution in [0.1, 0.15) is 13.3 Å². The Hall–Kier alpha value is -1.61. The van der Waals surface area contributed by atoms with E-state index in [0.29, 0.717) is 0 Å². The van der Waals surface area contributed by atoms with Crippen molar-refractivity contribution in [2.24, 2.45) is 0 Å². The fourth-order valence-corrected chi connectivity index (χ4v) is 2.99. The fraction of sp³-hybridized carbons (Fsp3) is 0.214. The first-order valence-electron chi connectivity index (χ1n) is 5.90. The van der Waals surface area contributed by atoms with Crippen LogP contribution in [0.2, 0.25) is 0 Å². The highest BCUT2D eigenvalue weighted by atomic mass is 32.1. The van der Waals surface area contributed by atoms with E-state index in [0.717, 1.165) is 23.6 Å². The molecular weight excluding hydrogens is 228 g/mol. The smallest absolute Gasteiger partial charge is 0.183 e. The number of thiazole rings is 1. The van der Waals surface area contributed by atoms with Crippen LogP contribution in [-0.2, 0) is 0 Å². The third-order valence-corrected chi connectivity index (χ3v) is 3.87. The molecule has 0 aliphatic rings. The predicted molar refractivity (Wildman–Crippen MR) is 75.9 cm³/mol. The molecule has 86 valence electrons. The van der Waals surface area contributed by atoms with E-state index in [2.05, 4.69) is 53.6 Å². The molecule has 17 heavy (non-hydrogen) atoms. The number of nitrogens with zero attached hydrogens (tertiary/aromatic N) is 1. The Morgan fingerprint density at radius 2 is 2.06 bits per heavy atom.